The first-order valence-electron chi connectivity index (χ1n) is 5.52. The smallest absolute Gasteiger partial charge is 0.407 e. The van der Waals surface area contributed by atoms with Crippen molar-refractivity contribution in [3.05, 3.63) is 20.8 Å². The van der Waals surface area contributed by atoms with Crippen LogP contribution in [-0.4, -0.2) is 46.7 Å². The molecule has 1 atom stereocenters. The van der Waals surface area contributed by atoms with Crippen LogP contribution in [0.5, 0.6) is 0 Å². The van der Waals surface area contributed by atoms with Gasteiger partial charge in [0.2, 0.25) is 0 Å². The van der Waals surface area contributed by atoms with Crippen molar-refractivity contribution in [1.29, 1.82) is 0 Å². The molecule has 0 bridgehead atoms. The molecule has 94 valence electrons. The maximum absolute atomic E-state index is 10.9. The molecule has 1 amide bonds. The van der Waals surface area contributed by atoms with E-state index in [1.807, 2.05) is 6.92 Å². The third-order valence-corrected chi connectivity index (χ3v) is 4.57. The summed E-state index contributed by atoms with van der Waals surface area (Å²) in [5.74, 6) is 0. The van der Waals surface area contributed by atoms with E-state index < -0.39 is 6.09 Å². The van der Waals surface area contributed by atoms with Crippen LogP contribution in [0, 0.1) is 0 Å². The number of rotatable bonds is 2. The molecule has 2 rings (SSSR count). The van der Waals surface area contributed by atoms with Crippen LogP contribution in [0.15, 0.2) is 15.9 Å². The number of amides is 1. The Morgan fingerprint density at radius 1 is 1.59 bits per heavy atom. The highest BCUT2D eigenvalue weighted by Gasteiger charge is 2.26. The van der Waals surface area contributed by atoms with Gasteiger partial charge in [0.25, 0.3) is 0 Å². The Balaban J connectivity index is 1.91. The molecule has 2 heterocycles. The van der Waals surface area contributed by atoms with Crippen LogP contribution < -0.4 is 0 Å². The molecule has 17 heavy (non-hydrogen) atoms. The van der Waals surface area contributed by atoms with E-state index in [9.17, 15) is 4.79 Å². The number of carboxylic acid groups (broad SMARTS) is 1. The van der Waals surface area contributed by atoms with Crippen LogP contribution in [0.1, 0.15) is 11.8 Å². The van der Waals surface area contributed by atoms with Gasteiger partial charge >= 0.3 is 6.09 Å². The maximum Gasteiger partial charge on any atom is 0.407 e. The summed E-state index contributed by atoms with van der Waals surface area (Å²) >= 11 is 5.19. The number of hydrogen-bond acceptors (Lipinski definition) is 3. The van der Waals surface area contributed by atoms with Crippen molar-refractivity contribution in [2.75, 3.05) is 19.6 Å². The summed E-state index contributed by atoms with van der Waals surface area (Å²) in [7, 11) is 0. The second kappa shape index (κ2) is 5.37. The summed E-state index contributed by atoms with van der Waals surface area (Å²) in [5.41, 5.74) is 0. The van der Waals surface area contributed by atoms with Crippen LogP contribution in [0.2, 0.25) is 0 Å². The zero-order valence-electron chi connectivity index (χ0n) is 9.60. The molecule has 1 N–H and O–H groups in total. The topological polar surface area (TPSA) is 43.8 Å². The van der Waals surface area contributed by atoms with E-state index in [0.717, 1.165) is 23.4 Å². The van der Waals surface area contributed by atoms with Gasteiger partial charge in [0.15, 0.2) is 0 Å². The summed E-state index contributed by atoms with van der Waals surface area (Å²) in [4.78, 5) is 16.1. The molecule has 4 nitrogen and oxygen atoms in total. The average molecular weight is 319 g/mol. The van der Waals surface area contributed by atoms with Gasteiger partial charge in [-0.2, -0.15) is 0 Å². The van der Waals surface area contributed by atoms with Gasteiger partial charge in [0, 0.05) is 37.1 Å². The molecule has 6 heteroatoms. The Hall–Kier alpha value is -0.590. The van der Waals surface area contributed by atoms with E-state index in [-0.39, 0.29) is 6.04 Å². The standard InChI is InChI=1S/C11H15BrN2O2S/c1-8-6-13(4-5-14(8)11(15)16)7-9-2-3-10(12)17-9/h2-3,8H,4-7H2,1H3,(H,15,16)/t8-/m0/s1. The first-order chi connectivity index (χ1) is 8.06. The SMILES string of the molecule is C[C@H]1CN(Cc2ccc(Br)s2)CCN1C(=O)O. The monoisotopic (exact) mass is 318 g/mol. The molecule has 0 aromatic carbocycles. The fourth-order valence-corrected chi connectivity index (χ4v) is 3.64. The molecule has 1 fully saturated rings. The van der Waals surface area contributed by atoms with Crippen molar-refractivity contribution in [2.45, 2.75) is 19.5 Å². The molecule has 1 aromatic heterocycles. The van der Waals surface area contributed by atoms with Crippen molar-refractivity contribution in [2.24, 2.45) is 0 Å². The fourth-order valence-electron chi connectivity index (χ4n) is 2.12. The third-order valence-electron chi connectivity index (χ3n) is 2.97. The molecule has 0 unspecified atom stereocenters. The van der Waals surface area contributed by atoms with E-state index in [2.05, 4.69) is 33.0 Å². The largest absolute Gasteiger partial charge is 0.465 e. The number of piperazine rings is 1. The zero-order chi connectivity index (χ0) is 12.4. The summed E-state index contributed by atoms with van der Waals surface area (Å²) in [6, 6.07) is 4.24. The quantitative estimate of drug-likeness (QED) is 0.911. The lowest BCUT2D eigenvalue weighted by molar-refractivity contribution is 0.0715. The Bertz CT molecular complexity index is 410. The third kappa shape index (κ3) is 3.20. The van der Waals surface area contributed by atoms with Gasteiger partial charge in [-0.1, -0.05) is 0 Å². The number of carbonyl (C=O) groups is 1. The Morgan fingerprint density at radius 2 is 2.35 bits per heavy atom. The number of hydrogen-bond donors (Lipinski definition) is 1. The van der Waals surface area contributed by atoms with E-state index >= 15 is 0 Å². The first-order valence-corrected chi connectivity index (χ1v) is 7.13. The van der Waals surface area contributed by atoms with Crippen molar-refractivity contribution in [3.63, 3.8) is 0 Å². The van der Waals surface area contributed by atoms with Gasteiger partial charge in [0.05, 0.1) is 3.79 Å². The predicted molar refractivity (Wildman–Crippen MR) is 71.5 cm³/mol. The molecular formula is C11H15BrN2O2S. The highest BCUT2D eigenvalue weighted by atomic mass is 79.9. The molecule has 1 aliphatic rings. The summed E-state index contributed by atoms with van der Waals surface area (Å²) in [6.45, 7) is 5.09. The van der Waals surface area contributed by atoms with Crippen LogP contribution in [-0.2, 0) is 6.54 Å². The minimum absolute atomic E-state index is 0.0738. The van der Waals surface area contributed by atoms with Gasteiger partial charge < -0.3 is 10.0 Å². The van der Waals surface area contributed by atoms with E-state index in [4.69, 9.17) is 5.11 Å². The van der Waals surface area contributed by atoms with Crippen LogP contribution in [0.25, 0.3) is 0 Å². The average Bonchev–Trinajstić information content (AvgIpc) is 2.63. The predicted octanol–water partition coefficient (Wildman–Crippen LogP) is 2.69. The maximum atomic E-state index is 10.9. The fraction of sp³-hybridized carbons (Fsp3) is 0.545. The lowest BCUT2D eigenvalue weighted by Gasteiger charge is -2.38. The number of halogens is 1. The van der Waals surface area contributed by atoms with Crippen molar-refractivity contribution in [3.8, 4) is 0 Å². The van der Waals surface area contributed by atoms with Gasteiger partial charge in [-0.05, 0) is 35.0 Å². The van der Waals surface area contributed by atoms with Gasteiger partial charge in [0.1, 0.15) is 0 Å². The second-order valence-electron chi connectivity index (χ2n) is 4.27. The first kappa shape index (κ1) is 12.9. The van der Waals surface area contributed by atoms with Crippen LogP contribution >= 0.6 is 27.3 Å². The minimum atomic E-state index is -0.809. The molecule has 1 aromatic rings. The molecular weight excluding hydrogens is 304 g/mol. The van der Waals surface area contributed by atoms with E-state index in [1.165, 1.54) is 9.78 Å². The summed E-state index contributed by atoms with van der Waals surface area (Å²) in [5, 5.41) is 8.99. The summed E-state index contributed by atoms with van der Waals surface area (Å²) < 4.78 is 1.14. The molecule has 0 spiro atoms. The van der Waals surface area contributed by atoms with Crippen molar-refractivity contribution < 1.29 is 9.90 Å². The van der Waals surface area contributed by atoms with Gasteiger partial charge in [-0.3, -0.25) is 4.90 Å². The Labute approximate surface area is 113 Å². The van der Waals surface area contributed by atoms with E-state index in [0.29, 0.717) is 6.54 Å². The van der Waals surface area contributed by atoms with Gasteiger partial charge in [-0.15, -0.1) is 11.3 Å². The van der Waals surface area contributed by atoms with Crippen molar-refractivity contribution in [1.82, 2.24) is 9.80 Å². The summed E-state index contributed by atoms with van der Waals surface area (Å²) in [6.07, 6.45) is -0.809. The highest BCUT2D eigenvalue weighted by molar-refractivity contribution is 9.11. The Morgan fingerprint density at radius 3 is 2.88 bits per heavy atom. The van der Waals surface area contributed by atoms with E-state index in [1.54, 1.807) is 11.3 Å². The lowest BCUT2D eigenvalue weighted by Crippen LogP contribution is -2.53. The molecule has 0 saturated carbocycles. The minimum Gasteiger partial charge on any atom is -0.465 e. The lowest BCUT2D eigenvalue weighted by atomic mass is 10.2. The Kier molecular flexibility index (Phi) is 4.06. The second-order valence-corrected chi connectivity index (χ2v) is 6.81. The van der Waals surface area contributed by atoms with Gasteiger partial charge in [-0.25, -0.2) is 4.79 Å². The molecule has 1 saturated heterocycles. The molecule has 1 aliphatic heterocycles. The number of nitrogens with zero attached hydrogens (tertiary/aromatic N) is 2. The van der Waals surface area contributed by atoms with Crippen LogP contribution in [0.4, 0.5) is 4.79 Å². The zero-order valence-corrected chi connectivity index (χ0v) is 12.0. The normalized spacial score (nSPS) is 21.8. The van der Waals surface area contributed by atoms with Crippen LogP contribution in [0.3, 0.4) is 0 Å². The highest BCUT2D eigenvalue weighted by Crippen LogP contribution is 2.24. The molecule has 0 aliphatic carbocycles. The van der Waals surface area contributed by atoms with Crippen molar-refractivity contribution >= 4 is 33.4 Å². The number of thiophene rings is 1. The molecule has 0 radical (unpaired) electrons.